The van der Waals surface area contributed by atoms with Gasteiger partial charge in [0.2, 0.25) is 0 Å². The summed E-state index contributed by atoms with van der Waals surface area (Å²) in [6.45, 7) is 3.60. The molecule has 2 fully saturated rings. The average molecular weight is 447 g/mol. The lowest BCUT2D eigenvalue weighted by atomic mass is 9.71. The van der Waals surface area contributed by atoms with E-state index in [1.807, 2.05) is 4.90 Å². The first-order valence-corrected chi connectivity index (χ1v) is 10.5. The van der Waals surface area contributed by atoms with Crippen molar-refractivity contribution in [3.8, 4) is 6.07 Å². The molecule has 170 valence electrons. The first-order valence-electron chi connectivity index (χ1n) is 10.5. The number of benzene rings is 1. The lowest BCUT2D eigenvalue weighted by Gasteiger charge is -2.42. The van der Waals surface area contributed by atoms with E-state index in [2.05, 4.69) is 0 Å². The summed E-state index contributed by atoms with van der Waals surface area (Å²) < 4.78 is 45.4. The third kappa shape index (κ3) is 3.84. The summed E-state index contributed by atoms with van der Waals surface area (Å²) in [4.78, 5) is 16.4. The van der Waals surface area contributed by atoms with Gasteiger partial charge < -0.3 is 19.3 Å². The fourth-order valence-corrected chi connectivity index (χ4v) is 5.04. The van der Waals surface area contributed by atoms with E-state index in [4.69, 9.17) is 9.68 Å². The molecule has 0 bridgehead atoms. The van der Waals surface area contributed by atoms with E-state index in [1.54, 1.807) is 24.0 Å². The van der Waals surface area contributed by atoms with Crippen molar-refractivity contribution < 1.29 is 27.5 Å². The number of aryl methyl sites for hydroxylation is 1. The van der Waals surface area contributed by atoms with Gasteiger partial charge in [0.1, 0.15) is 5.76 Å². The summed E-state index contributed by atoms with van der Waals surface area (Å²) in [6.07, 6.45) is -1.83. The van der Waals surface area contributed by atoms with Crippen molar-refractivity contribution in [1.82, 2.24) is 4.90 Å². The van der Waals surface area contributed by atoms with Gasteiger partial charge in [-0.3, -0.25) is 4.79 Å². The molecule has 2 aliphatic heterocycles. The number of likely N-dealkylation sites (tertiary alicyclic amines) is 1. The van der Waals surface area contributed by atoms with Crippen LogP contribution in [-0.2, 0) is 6.18 Å². The van der Waals surface area contributed by atoms with Gasteiger partial charge in [0, 0.05) is 44.4 Å². The number of halogens is 3. The van der Waals surface area contributed by atoms with Crippen molar-refractivity contribution in [3.05, 3.63) is 53.0 Å². The van der Waals surface area contributed by atoms with Gasteiger partial charge in [-0.25, -0.2) is 0 Å². The number of alkyl halides is 3. The molecule has 1 spiro atoms. The van der Waals surface area contributed by atoms with Crippen molar-refractivity contribution in [3.63, 3.8) is 0 Å². The van der Waals surface area contributed by atoms with Crippen LogP contribution in [0.15, 0.2) is 34.9 Å². The predicted molar refractivity (Wildman–Crippen MR) is 110 cm³/mol. The lowest BCUT2D eigenvalue weighted by molar-refractivity contribution is -0.137. The number of nitrogens with zero attached hydrogens (tertiary/aromatic N) is 3. The largest absolute Gasteiger partial charge is 0.469 e. The SMILES string of the molecule is Cc1occc1C(=O)N1CCC2(CC1)CN(c1ccc(C#N)c(C(F)(F)F)c1)CC2CO. The second-order valence-electron chi connectivity index (χ2n) is 8.64. The van der Waals surface area contributed by atoms with Gasteiger partial charge in [-0.2, -0.15) is 18.4 Å². The molecule has 0 saturated carbocycles. The molecule has 2 aliphatic rings. The van der Waals surface area contributed by atoms with Crippen molar-refractivity contribution in [2.75, 3.05) is 37.7 Å². The molecule has 1 aromatic carbocycles. The molecule has 1 atom stereocenters. The molecule has 1 unspecified atom stereocenters. The van der Waals surface area contributed by atoms with Crippen molar-refractivity contribution in [2.45, 2.75) is 25.9 Å². The van der Waals surface area contributed by atoms with E-state index in [-0.39, 0.29) is 23.8 Å². The minimum Gasteiger partial charge on any atom is -0.469 e. The van der Waals surface area contributed by atoms with E-state index >= 15 is 0 Å². The fraction of sp³-hybridized carbons (Fsp3) is 0.478. The van der Waals surface area contributed by atoms with E-state index < -0.39 is 17.3 Å². The first kappa shape index (κ1) is 22.2. The summed E-state index contributed by atoms with van der Waals surface area (Å²) in [5.41, 5.74) is -0.724. The van der Waals surface area contributed by atoms with Crippen LogP contribution >= 0.6 is 0 Å². The van der Waals surface area contributed by atoms with E-state index in [0.29, 0.717) is 56.0 Å². The maximum Gasteiger partial charge on any atom is 0.417 e. The highest BCUT2D eigenvalue weighted by Gasteiger charge is 2.48. The summed E-state index contributed by atoms with van der Waals surface area (Å²) in [7, 11) is 0. The van der Waals surface area contributed by atoms with Crippen molar-refractivity contribution in [1.29, 1.82) is 5.26 Å². The van der Waals surface area contributed by atoms with Crippen LogP contribution in [0.5, 0.6) is 0 Å². The second-order valence-corrected chi connectivity index (χ2v) is 8.64. The van der Waals surface area contributed by atoms with E-state index in [9.17, 15) is 23.1 Å². The van der Waals surface area contributed by atoms with E-state index in [1.165, 1.54) is 18.4 Å². The molecule has 2 saturated heterocycles. The molecule has 1 aromatic heterocycles. The van der Waals surface area contributed by atoms with Crippen LogP contribution in [0.2, 0.25) is 0 Å². The van der Waals surface area contributed by atoms with Crippen LogP contribution in [0.25, 0.3) is 0 Å². The molecule has 1 amide bonds. The standard InChI is InChI=1S/C23H24F3N3O3/c1-15-19(4-9-32-15)21(31)28-7-5-22(6-8-28)14-29(12-17(22)13-30)18-3-2-16(11-27)20(10-18)23(24,25)26/h2-4,9-10,17,30H,5-8,12-14H2,1H3. The van der Waals surface area contributed by atoms with Gasteiger partial charge in [-0.05, 0) is 49.4 Å². The Balaban J connectivity index is 1.52. The smallest absolute Gasteiger partial charge is 0.417 e. The Kier molecular flexibility index (Phi) is 5.67. The van der Waals surface area contributed by atoms with Crippen LogP contribution < -0.4 is 4.90 Å². The number of aliphatic hydroxyl groups is 1. The number of hydrogen-bond acceptors (Lipinski definition) is 5. The molecule has 32 heavy (non-hydrogen) atoms. The Morgan fingerprint density at radius 3 is 2.59 bits per heavy atom. The maximum atomic E-state index is 13.4. The van der Waals surface area contributed by atoms with Crippen LogP contribution in [0.1, 0.15) is 40.1 Å². The highest BCUT2D eigenvalue weighted by molar-refractivity contribution is 5.95. The maximum absolute atomic E-state index is 13.4. The monoisotopic (exact) mass is 447 g/mol. The van der Waals surface area contributed by atoms with Crippen LogP contribution in [0, 0.1) is 29.6 Å². The molecule has 0 aliphatic carbocycles. The molecule has 9 heteroatoms. The molecule has 3 heterocycles. The zero-order valence-corrected chi connectivity index (χ0v) is 17.7. The minimum absolute atomic E-state index is 0.0757. The zero-order chi connectivity index (χ0) is 23.1. The topological polar surface area (TPSA) is 80.7 Å². The molecule has 2 aromatic rings. The number of aliphatic hydroxyl groups excluding tert-OH is 1. The van der Waals surface area contributed by atoms with Crippen molar-refractivity contribution in [2.24, 2.45) is 11.3 Å². The predicted octanol–water partition coefficient (Wildman–Crippen LogP) is 3.83. The normalized spacial score (nSPS) is 20.6. The Morgan fingerprint density at radius 1 is 1.31 bits per heavy atom. The van der Waals surface area contributed by atoms with Crippen molar-refractivity contribution >= 4 is 11.6 Å². The molecule has 4 rings (SSSR count). The molecular weight excluding hydrogens is 423 g/mol. The summed E-state index contributed by atoms with van der Waals surface area (Å²) >= 11 is 0. The molecule has 0 radical (unpaired) electrons. The molecule has 6 nitrogen and oxygen atoms in total. The fourth-order valence-electron chi connectivity index (χ4n) is 5.04. The highest BCUT2D eigenvalue weighted by atomic mass is 19.4. The highest BCUT2D eigenvalue weighted by Crippen LogP contribution is 2.46. The van der Waals surface area contributed by atoms with Gasteiger partial charge in [-0.1, -0.05) is 0 Å². The third-order valence-corrected chi connectivity index (χ3v) is 6.96. The first-order chi connectivity index (χ1) is 15.2. The van der Waals surface area contributed by atoms with Crippen LogP contribution in [0.4, 0.5) is 18.9 Å². The van der Waals surface area contributed by atoms with Gasteiger partial charge in [0.15, 0.2) is 0 Å². The Morgan fingerprint density at radius 2 is 2.03 bits per heavy atom. The average Bonchev–Trinajstić information content (AvgIpc) is 3.36. The Labute approximate surface area is 183 Å². The summed E-state index contributed by atoms with van der Waals surface area (Å²) in [5.74, 6) is 0.362. The minimum atomic E-state index is -4.62. The van der Waals surface area contributed by atoms with Crippen LogP contribution in [-0.4, -0.2) is 48.7 Å². The number of nitriles is 1. The van der Waals surface area contributed by atoms with Gasteiger partial charge in [0.25, 0.3) is 5.91 Å². The number of anilines is 1. The molecule has 1 N–H and O–H groups in total. The van der Waals surface area contributed by atoms with Gasteiger partial charge >= 0.3 is 6.18 Å². The van der Waals surface area contributed by atoms with Gasteiger partial charge in [0.05, 0.1) is 29.0 Å². The Bertz CT molecular complexity index is 1050. The number of carbonyl (C=O) groups excluding carboxylic acids is 1. The number of hydrogen-bond donors (Lipinski definition) is 1. The third-order valence-electron chi connectivity index (χ3n) is 6.96. The number of amides is 1. The number of furan rings is 1. The number of rotatable bonds is 3. The Hall–Kier alpha value is -2.99. The lowest BCUT2D eigenvalue weighted by Crippen LogP contribution is -2.47. The number of piperidine rings is 1. The number of carbonyl (C=O) groups is 1. The second kappa shape index (κ2) is 8.17. The van der Waals surface area contributed by atoms with Gasteiger partial charge in [-0.15, -0.1) is 0 Å². The van der Waals surface area contributed by atoms with E-state index in [0.717, 1.165) is 6.07 Å². The quantitative estimate of drug-likeness (QED) is 0.774. The zero-order valence-electron chi connectivity index (χ0n) is 17.7. The summed E-state index contributed by atoms with van der Waals surface area (Å²) in [6, 6.07) is 7.01. The summed E-state index contributed by atoms with van der Waals surface area (Å²) in [5, 5.41) is 19.1. The molecular formula is C23H24F3N3O3. The van der Waals surface area contributed by atoms with Crippen LogP contribution in [0.3, 0.4) is 0 Å².